The molecule has 0 atom stereocenters. The molecule has 7 heterocycles. The Morgan fingerprint density at radius 3 is 2.20 bits per heavy atom. The van der Waals surface area contributed by atoms with Crippen LogP contribution >= 0.6 is 0 Å². The first-order valence-corrected chi connectivity index (χ1v) is 31.7. The van der Waals surface area contributed by atoms with Crippen molar-refractivity contribution in [3.8, 4) is 11.1 Å². The lowest BCUT2D eigenvalue weighted by Crippen LogP contribution is -2.56. The molecule has 0 saturated carbocycles. The third-order valence-corrected chi connectivity index (χ3v) is 16.8. The van der Waals surface area contributed by atoms with Gasteiger partial charge < -0.3 is 39.0 Å². The lowest BCUT2D eigenvalue weighted by molar-refractivity contribution is -0.165. The Bertz CT molecular complexity index is 4000. The number of likely N-dealkylation sites (N-methyl/N-ethyl adjacent to an activating group) is 1. The summed E-state index contributed by atoms with van der Waals surface area (Å²) in [7, 11) is 0. The second-order valence-electron chi connectivity index (χ2n) is 24.0. The van der Waals surface area contributed by atoms with Gasteiger partial charge in [0, 0.05) is 117 Å². The summed E-state index contributed by atoms with van der Waals surface area (Å²) in [5.74, 6) is -3.51. The molecule has 0 bridgehead atoms. The van der Waals surface area contributed by atoms with Crippen molar-refractivity contribution in [3.63, 3.8) is 0 Å². The monoisotopic (exact) mass is 1290 g/mol. The highest BCUT2D eigenvalue weighted by molar-refractivity contribution is 6.28. The zero-order valence-electron chi connectivity index (χ0n) is 54.7. The number of anilines is 2. The zero-order chi connectivity index (χ0) is 67.4. The summed E-state index contributed by atoms with van der Waals surface area (Å²) in [5.41, 5.74) is 7.05. The van der Waals surface area contributed by atoms with Gasteiger partial charge in [-0.15, -0.1) is 5.10 Å². The first kappa shape index (κ1) is 68.3. The smallest absolute Gasteiger partial charge is 0.341 e. The van der Waals surface area contributed by atoms with Crippen LogP contribution in [0.5, 0.6) is 0 Å². The van der Waals surface area contributed by atoms with E-state index in [1.165, 1.54) is 26.0 Å². The van der Waals surface area contributed by atoms with Crippen molar-refractivity contribution in [2.24, 2.45) is 0 Å². The molecule has 0 radical (unpaired) electrons. The number of aryl methyl sites for hydroxylation is 3. The molecule has 2 fully saturated rings. The predicted octanol–water partition coefficient (Wildman–Crippen LogP) is 7.40. The van der Waals surface area contributed by atoms with Gasteiger partial charge in [-0.3, -0.25) is 57.6 Å². The van der Waals surface area contributed by atoms with E-state index in [4.69, 9.17) is 23.9 Å². The number of rotatable bonds is 27. The molecule has 9 rings (SSSR count). The van der Waals surface area contributed by atoms with E-state index in [0.717, 1.165) is 113 Å². The quantitative estimate of drug-likeness (QED) is 0.0167. The number of pyridine rings is 2. The van der Waals surface area contributed by atoms with E-state index in [0.29, 0.717) is 34.5 Å². The molecule has 26 heteroatoms. The van der Waals surface area contributed by atoms with E-state index in [1.807, 2.05) is 80.7 Å². The highest BCUT2D eigenvalue weighted by Crippen LogP contribution is 2.48. The minimum Gasteiger partial charge on any atom is -0.428 e. The number of imide groups is 2. The molecule has 6 aromatic rings. The summed E-state index contributed by atoms with van der Waals surface area (Å²) in [6, 6.07) is 14.2. The molecule has 5 amide bonds. The maximum atomic E-state index is 14.0. The lowest BCUT2D eigenvalue weighted by Gasteiger charge is -2.35. The van der Waals surface area contributed by atoms with E-state index >= 15 is 0 Å². The number of hydrogen-bond donors (Lipinski definition) is 2. The van der Waals surface area contributed by atoms with Gasteiger partial charge >= 0.3 is 29.9 Å². The normalized spacial score (nSPS) is 15.9. The summed E-state index contributed by atoms with van der Waals surface area (Å²) < 4.78 is 23.2. The summed E-state index contributed by atoms with van der Waals surface area (Å²) in [6.45, 7) is 19.3. The van der Waals surface area contributed by atoms with Crippen LogP contribution in [-0.4, -0.2) is 163 Å². The van der Waals surface area contributed by atoms with E-state index in [1.54, 1.807) is 54.4 Å². The number of aromatic nitrogens is 7. The van der Waals surface area contributed by atoms with E-state index < -0.39 is 60.7 Å². The molecule has 2 N–H and O–H groups in total. The number of piperazine rings is 1. The molecule has 0 spiro atoms. The van der Waals surface area contributed by atoms with Gasteiger partial charge in [0.1, 0.15) is 11.4 Å². The van der Waals surface area contributed by atoms with Gasteiger partial charge in [0.25, 0.3) is 23.3 Å². The van der Waals surface area contributed by atoms with Crippen molar-refractivity contribution in [1.29, 1.82) is 0 Å². The molecule has 2 aromatic carbocycles. The number of urea groups is 1. The van der Waals surface area contributed by atoms with Crippen LogP contribution in [0.1, 0.15) is 136 Å². The number of unbranched alkanes of at least 4 members (excludes halogenated alkanes) is 1. The Hall–Kier alpha value is -10.1. The van der Waals surface area contributed by atoms with Crippen LogP contribution in [0, 0.1) is 6.92 Å². The first-order valence-electron chi connectivity index (χ1n) is 31.7. The zero-order valence-corrected chi connectivity index (χ0v) is 54.7. The second-order valence-corrected chi connectivity index (χ2v) is 24.0. The number of nitrogens with zero attached hydrogens (tertiary/aromatic N) is 11. The molecular weight excluding hydrogens is 1210 g/mol. The SMILES string of the molecule is CCCc1cc(C)[nH]c(=O)c1CNC(=O)c1cc(-c2ccc(N3CCN(CCCCc4cn(CCN5C(=O)\C(=C/C=C/C=C6/N(CCC(=O)OCOC(C)=O)c7ccc(C(=O)OCOC(C)=O)cc7C6(C)C)C(=O)N(CC)C5=O)nn4)CC3)nc2)cc2c1cnn2C(C)C. The number of nitrogens with one attached hydrogen (secondary N) is 2. The minimum absolute atomic E-state index is 0.0190. The Kier molecular flexibility index (Phi) is 22.2. The van der Waals surface area contributed by atoms with Crippen LogP contribution in [0.2, 0.25) is 0 Å². The molecule has 94 heavy (non-hydrogen) atoms. The number of carbonyl (C=O) groups is 8. The van der Waals surface area contributed by atoms with Gasteiger partial charge in [0.2, 0.25) is 13.6 Å². The number of amides is 5. The number of H-pyrrole nitrogens is 1. The third-order valence-electron chi connectivity index (χ3n) is 16.8. The summed E-state index contributed by atoms with van der Waals surface area (Å²) in [6.07, 6.45) is 15.6. The minimum atomic E-state index is -0.792. The van der Waals surface area contributed by atoms with E-state index in [9.17, 15) is 43.2 Å². The van der Waals surface area contributed by atoms with Gasteiger partial charge in [0.05, 0.1) is 48.0 Å². The predicted molar refractivity (Wildman–Crippen MR) is 348 cm³/mol. The van der Waals surface area contributed by atoms with Crippen LogP contribution in [-0.2, 0) is 74.3 Å². The van der Waals surface area contributed by atoms with Crippen molar-refractivity contribution < 1.29 is 57.3 Å². The second kappa shape index (κ2) is 30.5. The summed E-state index contributed by atoms with van der Waals surface area (Å²) in [4.78, 5) is 133. The van der Waals surface area contributed by atoms with Gasteiger partial charge in [-0.25, -0.2) is 14.6 Å². The molecular formula is C68H81N13O13. The highest BCUT2D eigenvalue weighted by Gasteiger charge is 2.42. The number of hydrogen-bond acceptors (Lipinski definition) is 20. The Balaban J connectivity index is 0.767. The molecule has 3 aliphatic rings. The van der Waals surface area contributed by atoms with Gasteiger partial charge in [-0.05, 0) is 137 Å². The number of barbiturate groups is 1. The molecule has 2 saturated heterocycles. The summed E-state index contributed by atoms with van der Waals surface area (Å²) >= 11 is 0. The Morgan fingerprint density at radius 2 is 1.50 bits per heavy atom. The Labute approximate surface area is 544 Å². The fourth-order valence-corrected chi connectivity index (χ4v) is 11.9. The first-order chi connectivity index (χ1) is 45.1. The van der Waals surface area contributed by atoms with Crippen LogP contribution in [0.25, 0.3) is 22.0 Å². The van der Waals surface area contributed by atoms with Crippen molar-refractivity contribution in [2.75, 3.05) is 75.7 Å². The maximum Gasteiger partial charge on any atom is 0.341 e. The number of esters is 4. The van der Waals surface area contributed by atoms with Gasteiger partial charge in [-0.1, -0.05) is 44.6 Å². The van der Waals surface area contributed by atoms with Crippen molar-refractivity contribution in [2.45, 2.75) is 125 Å². The van der Waals surface area contributed by atoms with Crippen molar-refractivity contribution in [3.05, 3.63) is 152 Å². The van der Waals surface area contributed by atoms with Crippen molar-refractivity contribution in [1.82, 2.24) is 54.8 Å². The average Bonchev–Trinajstić information content (AvgIpc) is 1.58. The Morgan fingerprint density at radius 1 is 0.766 bits per heavy atom. The number of carbonyl (C=O) groups excluding carboxylic acids is 8. The molecule has 0 unspecified atom stereocenters. The fraction of sp³-hybridized carbons (Fsp3) is 0.426. The van der Waals surface area contributed by atoms with Crippen LogP contribution in [0.15, 0.2) is 107 Å². The fourth-order valence-electron chi connectivity index (χ4n) is 11.9. The van der Waals surface area contributed by atoms with Crippen molar-refractivity contribution >= 4 is 70.0 Å². The average molecular weight is 1290 g/mol. The molecule has 4 aromatic heterocycles. The van der Waals surface area contributed by atoms with Crippen LogP contribution in [0.3, 0.4) is 0 Å². The topological polar surface area (TPSA) is 296 Å². The van der Waals surface area contributed by atoms with E-state index in [2.05, 4.69) is 42.4 Å². The molecule has 496 valence electrons. The highest BCUT2D eigenvalue weighted by atomic mass is 16.7. The number of allylic oxidation sites excluding steroid dienone is 5. The number of ether oxygens (including phenoxy) is 4. The molecule has 26 nitrogen and oxygen atoms in total. The third kappa shape index (κ3) is 16.0. The van der Waals surface area contributed by atoms with Gasteiger partial charge in [0.15, 0.2) is 0 Å². The number of fused-ring (bicyclic) bond motifs is 2. The summed E-state index contributed by atoms with van der Waals surface area (Å²) in [5, 5.41) is 17.0. The van der Waals surface area contributed by atoms with Gasteiger partial charge in [-0.2, -0.15) is 5.10 Å². The lowest BCUT2D eigenvalue weighted by atomic mass is 9.83. The van der Waals surface area contributed by atoms with Crippen LogP contribution < -0.4 is 20.7 Å². The molecule has 0 aliphatic carbocycles. The van der Waals surface area contributed by atoms with E-state index in [-0.39, 0.29) is 67.8 Å². The van der Waals surface area contributed by atoms with Crippen LogP contribution in [0.4, 0.5) is 16.3 Å². The number of aromatic amines is 1. The number of benzene rings is 2. The largest absolute Gasteiger partial charge is 0.428 e. The maximum absolute atomic E-state index is 14.0. The standard InChI is InChI=1S/C68H81N13O13/c1-10-16-47-33-44(5)72-63(86)54(47)38-70-62(85)53-34-50(36-58-55(53)39-71-81(58)43(3)4)49-21-23-60(69-37-49)76-29-27-75(28-30-76)25-15-14-17-51-40-77(74-73-51)31-32-80-65(88)52(64(87)78(11-2)67(80)90)18-12-13-19-59-68(8,9)56-35-48(66(89)94-42-92-46(7)83)20-22-57(56)79(59)26-24-61(84)93-41-91-45(6)82/h12-13,18-23,33-37,39-40,43H,10-11,14-17,24-32,38,41-42H2,1-9H3,(H,70,85)(H,72,86)/b13-12+,52-18-,59-19+. The molecule has 3 aliphatic heterocycles.